The van der Waals surface area contributed by atoms with Crippen molar-refractivity contribution in [2.45, 2.75) is 6.92 Å². The fourth-order valence-corrected chi connectivity index (χ4v) is 2.70. The van der Waals surface area contributed by atoms with E-state index >= 15 is 0 Å². The summed E-state index contributed by atoms with van der Waals surface area (Å²) in [6.45, 7) is 6.66. The number of carbonyl (C=O) groups excluding carboxylic acids is 1. The number of ketones is 1. The maximum absolute atomic E-state index is 12.4. The van der Waals surface area contributed by atoms with Crippen molar-refractivity contribution in [1.82, 2.24) is 10.2 Å². The summed E-state index contributed by atoms with van der Waals surface area (Å²) in [4.78, 5) is 14.7. The summed E-state index contributed by atoms with van der Waals surface area (Å²) in [6, 6.07) is 5.02. The number of nitrogens with one attached hydrogen (secondary N) is 1. The van der Waals surface area contributed by atoms with Gasteiger partial charge >= 0.3 is 0 Å². The van der Waals surface area contributed by atoms with Crippen LogP contribution in [0.15, 0.2) is 18.2 Å². The molecule has 5 heteroatoms. The van der Waals surface area contributed by atoms with Crippen molar-refractivity contribution in [3.8, 4) is 0 Å². The predicted molar refractivity (Wildman–Crippen MR) is 79.3 cm³/mol. The number of benzene rings is 1. The third-order valence-corrected chi connectivity index (χ3v) is 3.95. The molecule has 0 aliphatic carbocycles. The molecule has 1 aromatic rings. The lowest BCUT2D eigenvalue weighted by atomic mass is 9.98. The van der Waals surface area contributed by atoms with Crippen LogP contribution in [0.3, 0.4) is 0 Å². The average Bonchev–Trinajstić information content (AvgIpc) is 2.42. The van der Waals surface area contributed by atoms with Crippen LogP contribution >= 0.6 is 23.2 Å². The van der Waals surface area contributed by atoms with E-state index in [2.05, 4.69) is 10.2 Å². The molecule has 0 aromatic heterocycles. The highest BCUT2D eigenvalue weighted by Gasteiger charge is 2.21. The van der Waals surface area contributed by atoms with Crippen molar-refractivity contribution in [2.24, 2.45) is 5.92 Å². The number of halogens is 2. The highest BCUT2D eigenvalue weighted by Crippen LogP contribution is 2.23. The Morgan fingerprint density at radius 2 is 2.05 bits per heavy atom. The van der Waals surface area contributed by atoms with Gasteiger partial charge in [-0.25, -0.2) is 0 Å². The number of hydrogen-bond acceptors (Lipinski definition) is 3. The van der Waals surface area contributed by atoms with Crippen molar-refractivity contribution in [3.05, 3.63) is 33.8 Å². The SMILES string of the molecule is CC(CN1CCNCC1)C(=O)c1cc(Cl)ccc1Cl. The topological polar surface area (TPSA) is 32.3 Å². The van der Waals surface area contributed by atoms with Gasteiger partial charge in [-0.15, -0.1) is 0 Å². The fourth-order valence-electron chi connectivity index (χ4n) is 2.32. The van der Waals surface area contributed by atoms with Crippen molar-refractivity contribution in [2.75, 3.05) is 32.7 Å². The molecular weight excluding hydrogens is 283 g/mol. The van der Waals surface area contributed by atoms with Gasteiger partial charge in [0.25, 0.3) is 0 Å². The highest BCUT2D eigenvalue weighted by molar-refractivity contribution is 6.36. The molecule has 0 spiro atoms. The summed E-state index contributed by atoms with van der Waals surface area (Å²) >= 11 is 12.0. The standard InChI is InChI=1S/C14H18Cl2N2O/c1-10(9-18-6-4-17-5-7-18)14(19)12-8-11(15)2-3-13(12)16/h2-3,8,10,17H,4-7,9H2,1H3. The molecule has 1 aliphatic rings. The molecule has 1 saturated heterocycles. The Morgan fingerprint density at radius 3 is 2.74 bits per heavy atom. The van der Waals surface area contributed by atoms with Crippen LogP contribution in [-0.4, -0.2) is 43.4 Å². The minimum Gasteiger partial charge on any atom is -0.314 e. The molecule has 1 aliphatic heterocycles. The average molecular weight is 301 g/mol. The number of rotatable bonds is 4. The minimum absolute atomic E-state index is 0.0611. The van der Waals surface area contributed by atoms with Crippen molar-refractivity contribution in [3.63, 3.8) is 0 Å². The van der Waals surface area contributed by atoms with Crippen LogP contribution in [0.2, 0.25) is 10.0 Å². The van der Waals surface area contributed by atoms with Crippen molar-refractivity contribution < 1.29 is 4.79 Å². The summed E-state index contributed by atoms with van der Waals surface area (Å²) < 4.78 is 0. The van der Waals surface area contributed by atoms with Gasteiger partial charge in [-0.05, 0) is 18.2 Å². The Morgan fingerprint density at radius 1 is 1.37 bits per heavy atom. The fraction of sp³-hybridized carbons (Fsp3) is 0.500. The molecule has 1 fully saturated rings. The normalized spacial score (nSPS) is 18.3. The predicted octanol–water partition coefficient (Wildman–Crippen LogP) is 2.72. The number of piperazine rings is 1. The lowest BCUT2D eigenvalue weighted by molar-refractivity contribution is 0.0887. The molecule has 2 rings (SSSR count). The largest absolute Gasteiger partial charge is 0.314 e. The summed E-state index contributed by atoms with van der Waals surface area (Å²) in [5.41, 5.74) is 0.525. The van der Waals surface area contributed by atoms with Gasteiger partial charge in [0.2, 0.25) is 0 Å². The molecule has 0 saturated carbocycles. The van der Waals surface area contributed by atoms with Crippen LogP contribution in [0, 0.1) is 5.92 Å². The van der Waals surface area contributed by atoms with E-state index in [1.807, 2.05) is 6.92 Å². The smallest absolute Gasteiger partial charge is 0.168 e. The lowest BCUT2D eigenvalue weighted by Gasteiger charge is -2.29. The molecular formula is C14H18Cl2N2O. The maximum Gasteiger partial charge on any atom is 0.168 e. The van der Waals surface area contributed by atoms with Crippen LogP contribution in [0.25, 0.3) is 0 Å². The van der Waals surface area contributed by atoms with E-state index in [4.69, 9.17) is 23.2 Å². The summed E-state index contributed by atoms with van der Waals surface area (Å²) in [5.74, 6) is -0.0138. The van der Waals surface area contributed by atoms with E-state index in [1.165, 1.54) is 0 Å². The minimum atomic E-state index is -0.0749. The zero-order valence-electron chi connectivity index (χ0n) is 11.0. The Balaban J connectivity index is 2.03. The molecule has 1 N–H and O–H groups in total. The lowest BCUT2D eigenvalue weighted by Crippen LogP contribution is -2.45. The molecule has 1 unspecified atom stereocenters. The first kappa shape index (κ1) is 14.8. The quantitative estimate of drug-likeness (QED) is 0.868. The Bertz CT molecular complexity index is 459. The maximum atomic E-state index is 12.4. The Hall–Kier alpha value is -0.610. The van der Waals surface area contributed by atoms with Crippen LogP contribution in [0.1, 0.15) is 17.3 Å². The van der Waals surface area contributed by atoms with Gasteiger partial charge in [-0.1, -0.05) is 30.1 Å². The van der Waals surface area contributed by atoms with E-state index in [-0.39, 0.29) is 11.7 Å². The second-order valence-corrected chi connectivity index (χ2v) is 5.78. The number of Topliss-reactive ketones (excluding diaryl/α,β-unsaturated/α-hetero) is 1. The van der Waals surface area contributed by atoms with E-state index in [0.29, 0.717) is 15.6 Å². The first-order chi connectivity index (χ1) is 9.08. The number of hydrogen-bond donors (Lipinski definition) is 1. The van der Waals surface area contributed by atoms with Crippen LogP contribution in [0.4, 0.5) is 0 Å². The second-order valence-electron chi connectivity index (χ2n) is 4.94. The van der Waals surface area contributed by atoms with Crippen LogP contribution < -0.4 is 5.32 Å². The van der Waals surface area contributed by atoms with Gasteiger partial charge in [-0.3, -0.25) is 4.79 Å². The van der Waals surface area contributed by atoms with E-state index in [1.54, 1.807) is 18.2 Å². The summed E-state index contributed by atoms with van der Waals surface area (Å²) in [7, 11) is 0. The molecule has 1 atom stereocenters. The number of nitrogens with zero attached hydrogens (tertiary/aromatic N) is 1. The highest BCUT2D eigenvalue weighted by atomic mass is 35.5. The van der Waals surface area contributed by atoms with Gasteiger partial charge in [0.1, 0.15) is 0 Å². The van der Waals surface area contributed by atoms with Crippen molar-refractivity contribution in [1.29, 1.82) is 0 Å². The first-order valence-electron chi connectivity index (χ1n) is 6.50. The second kappa shape index (κ2) is 6.71. The van der Waals surface area contributed by atoms with Gasteiger partial charge < -0.3 is 10.2 Å². The van der Waals surface area contributed by atoms with Gasteiger partial charge in [0.05, 0.1) is 5.02 Å². The number of carbonyl (C=O) groups is 1. The Labute approximate surface area is 123 Å². The molecule has 0 amide bonds. The molecule has 104 valence electrons. The molecule has 0 bridgehead atoms. The third kappa shape index (κ3) is 3.93. The monoisotopic (exact) mass is 300 g/mol. The van der Waals surface area contributed by atoms with E-state index in [9.17, 15) is 4.79 Å². The molecule has 3 nitrogen and oxygen atoms in total. The molecule has 1 heterocycles. The van der Waals surface area contributed by atoms with Gasteiger partial charge in [0, 0.05) is 49.2 Å². The third-order valence-electron chi connectivity index (χ3n) is 3.38. The van der Waals surface area contributed by atoms with Gasteiger partial charge in [-0.2, -0.15) is 0 Å². The molecule has 19 heavy (non-hydrogen) atoms. The Kier molecular flexibility index (Phi) is 5.22. The molecule has 0 radical (unpaired) electrons. The zero-order chi connectivity index (χ0) is 13.8. The zero-order valence-corrected chi connectivity index (χ0v) is 12.5. The first-order valence-corrected chi connectivity index (χ1v) is 7.26. The van der Waals surface area contributed by atoms with Crippen LogP contribution in [-0.2, 0) is 0 Å². The summed E-state index contributed by atoms with van der Waals surface area (Å²) in [6.07, 6.45) is 0. The molecule has 1 aromatic carbocycles. The van der Waals surface area contributed by atoms with Crippen LogP contribution in [0.5, 0.6) is 0 Å². The summed E-state index contributed by atoms with van der Waals surface area (Å²) in [5, 5.41) is 4.32. The van der Waals surface area contributed by atoms with E-state index < -0.39 is 0 Å². The van der Waals surface area contributed by atoms with Crippen molar-refractivity contribution >= 4 is 29.0 Å². The van der Waals surface area contributed by atoms with Gasteiger partial charge in [0.15, 0.2) is 5.78 Å². The van der Waals surface area contributed by atoms with E-state index in [0.717, 1.165) is 32.7 Å².